The lowest BCUT2D eigenvalue weighted by Gasteiger charge is -2.25. The third-order valence-electron chi connectivity index (χ3n) is 3.48. The summed E-state index contributed by atoms with van der Waals surface area (Å²) in [4.78, 5) is 25.0. The van der Waals surface area contributed by atoms with Gasteiger partial charge in [-0.3, -0.25) is 19.0 Å². The van der Waals surface area contributed by atoms with Crippen molar-refractivity contribution in [2.24, 2.45) is 0 Å². The molecule has 0 fully saturated rings. The fourth-order valence-corrected chi connectivity index (χ4v) is 2.28. The number of rotatable bonds is 13. The van der Waals surface area contributed by atoms with Crippen LogP contribution in [0.15, 0.2) is 0 Å². The highest BCUT2D eigenvalue weighted by molar-refractivity contribution is 7.85. The first kappa shape index (κ1) is 29.0. The van der Waals surface area contributed by atoms with Crippen LogP contribution in [-0.4, -0.2) is 80.2 Å². The van der Waals surface area contributed by atoms with E-state index in [1.54, 1.807) is 4.90 Å². The Kier molecular flexibility index (Phi) is 17.3. The Labute approximate surface area is 170 Å². The van der Waals surface area contributed by atoms with Crippen molar-refractivity contribution in [3.8, 4) is 0 Å². The fourth-order valence-electron chi connectivity index (χ4n) is 1.92. The van der Waals surface area contributed by atoms with Gasteiger partial charge in [0.15, 0.2) is 0 Å². The van der Waals surface area contributed by atoms with Gasteiger partial charge in [0.25, 0.3) is 10.1 Å². The lowest BCUT2D eigenvalue weighted by atomic mass is 10.3. The van der Waals surface area contributed by atoms with Crippen molar-refractivity contribution >= 4 is 21.9 Å². The molecule has 0 aromatic heterocycles. The summed E-state index contributed by atoms with van der Waals surface area (Å²) in [6, 6.07) is 0.643. The summed E-state index contributed by atoms with van der Waals surface area (Å²) in [5.41, 5.74) is 0. The molecular formula is C18H40N4O5S. The van der Waals surface area contributed by atoms with Crippen molar-refractivity contribution in [2.45, 2.75) is 66.5 Å². The van der Waals surface area contributed by atoms with E-state index in [-0.39, 0.29) is 31.6 Å². The molecule has 0 heterocycles. The fraction of sp³-hybridized carbons (Fsp3) is 0.889. The minimum absolute atomic E-state index is 0.00954. The Morgan fingerprint density at radius 2 is 1.36 bits per heavy atom. The van der Waals surface area contributed by atoms with Crippen LogP contribution in [0.4, 0.5) is 0 Å². The predicted molar refractivity (Wildman–Crippen MR) is 113 cm³/mol. The SMILES string of the molecule is CCCNC(=O)CN(CC(=O)NCCS(=O)(=O)O)C(C)C.CCCNC(C)C. The minimum atomic E-state index is -4.09. The van der Waals surface area contributed by atoms with E-state index in [2.05, 4.69) is 36.7 Å². The van der Waals surface area contributed by atoms with Gasteiger partial charge in [-0.2, -0.15) is 8.42 Å². The van der Waals surface area contributed by atoms with E-state index in [0.717, 1.165) is 13.0 Å². The van der Waals surface area contributed by atoms with Crippen LogP contribution in [0.1, 0.15) is 54.4 Å². The maximum absolute atomic E-state index is 11.7. The summed E-state index contributed by atoms with van der Waals surface area (Å²) >= 11 is 0. The van der Waals surface area contributed by atoms with Crippen molar-refractivity contribution in [1.82, 2.24) is 20.9 Å². The van der Waals surface area contributed by atoms with Crippen LogP contribution in [0.2, 0.25) is 0 Å². The van der Waals surface area contributed by atoms with E-state index >= 15 is 0 Å². The van der Waals surface area contributed by atoms with Crippen LogP contribution in [0.5, 0.6) is 0 Å². The van der Waals surface area contributed by atoms with Crippen LogP contribution in [0.3, 0.4) is 0 Å². The van der Waals surface area contributed by atoms with Gasteiger partial charge in [-0.15, -0.1) is 0 Å². The zero-order chi connectivity index (χ0) is 22.2. The van der Waals surface area contributed by atoms with Gasteiger partial charge in [0.1, 0.15) is 0 Å². The summed E-state index contributed by atoms with van der Waals surface area (Å²) in [5, 5.41) is 8.41. The van der Waals surface area contributed by atoms with E-state index in [4.69, 9.17) is 4.55 Å². The summed E-state index contributed by atoms with van der Waals surface area (Å²) in [6.45, 7) is 13.8. The Hall–Kier alpha value is -1.23. The first-order chi connectivity index (χ1) is 12.9. The van der Waals surface area contributed by atoms with Gasteiger partial charge in [0, 0.05) is 25.2 Å². The van der Waals surface area contributed by atoms with Gasteiger partial charge in [-0.05, 0) is 33.2 Å². The molecule has 0 aliphatic carbocycles. The lowest BCUT2D eigenvalue weighted by Crippen LogP contribution is -2.46. The molecule has 10 heteroatoms. The molecule has 9 nitrogen and oxygen atoms in total. The normalized spacial score (nSPS) is 11.4. The van der Waals surface area contributed by atoms with Gasteiger partial charge in [-0.1, -0.05) is 27.7 Å². The number of hydrogen-bond donors (Lipinski definition) is 4. The Bertz CT molecular complexity index is 524. The molecule has 0 saturated carbocycles. The number of hydrogen-bond acceptors (Lipinski definition) is 6. The highest BCUT2D eigenvalue weighted by Gasteiger charge is 2.17. The summed E-state index contributed by atoms with van der Waals surface area (Å²) in [7, 11) is -4.09. The molecule has 0 aromatic rings. The van der Waals surface area contributed by atoms with Gasteiger partial charge >= 0.3 is 0 Å². The van der Waals surface area contributed by atoms with Crippen molar-refractivity contribution in [3.63, 3.8) is 0 Å². The summed E-state index contributed by atoms with van der Waals surface area (Å²) in [6.07, 6.45) is 2.07. The quantitative estimate of drug-likeness (QED) is 0.319. The predicted octanol–water partition coefficient (Wildman–Crippen LogP) is 0.621. The van der Waals surface area contributed by atoms with E-state index in [1.807, 2.05) is 20.8 Å². The molecule has 4 N–H and O–H groups in total. The van der Waals surface area contributed by atoms with E-state index < -0.39 is 21.8 Å². The summed E-state index contributed by atoms with van der Waals surface area (Å²) < 4.78 is 29.6. The van der Waals surface area contributed by atoms with Crippen LogP contribution in [0.25, 0.3) is 0 Å². The van der Waals surface area contributed by atoms with Crippen molar-refractivity contribution in [2.75, 3.05) is 38.5 Å². The number of carbonyl (C=O) groups is 2. The zero-order valence-corrected chi connectivity index (χ0v) is 19.1. The highest BCUT2D eigenvalue weighted by Crippen LogP contribution is 1.97. The third kappa shape index (κ3) is 21.1. The third-order valence-corrected chi connectivity index (χ3v) is 4.20. The van der Waals surface area contributed by atoms with Crippen molar-refractivity contribution < 1.29 is 22.6 Å². The van der Waals surface area contributed by atoms with Gasteiger partial charge in [0.2, 0.25) is 11.8 Å². The van der Waals surface area contributed by atoms with E-state index in [1.165, 1.54) is 6.42 Å². The van der Waals surface area contributed by atoms with Crippen molar-refractivity contribution in [3.05, 3.63) is 0 Å². The molecule has 0 atom stereocenters. The van der Waals surface area contributed by atoms with Gasteiger partial charge in [0.05, 0.1) is 18.8 Å². The number of nitrogens with zero attached hydrogens (tertiary/aromatic N) is 1. The molecule has 28 heavy (non-hydrogen) atoms. The second-order valence-corrected chi connectivity index (χ2v) is 8.67. The average molecular weight is 425 g/mol. The van der Waals surface area contributed by atoms with E-state index in [9.17, 15) is 18.0 Å². The van der Waals surface area contributed by atoms with E-state index in [0.29, 0.717) is 12.6 Å². The van der Waals surface area contributed by atoms with Crippen LogP contribution >= 0.6 is 0 Å². The second kappa shape index (κ2) is 16.7. The standard InChI is InChI=1S/C12H25N3O5S.C6H15N/c1-4-5-13-11(16)8-15(10(2)3)9-12(17)14-6-7-21(18,19)20;1-4-5-7-6(2)3/h10H,4-9H2,1-3H3,(H,13,16)(H,14,17)(H,18,19,20);6-7H,4-5H2,1-3H3. The molecule has 0 spiro atoms. The summed E-state index contributed by atoms with van der Waals surface area (Å²) in [5.74, 6) is -1.08. The monoisotopic (exact) mass is 424 g/mol. The second-order valence-electron chi connectivity index (χ2n) is 7.09. The van der Waals surface area contributed by atoms with Crippen LogP contribution in [-0.2, 0) is 19.7 Å². The Morgan fingerprint density at radius 1 is 0.893 bits per heavy atom. The van der Waals surface area contributed by atoms with Crippen LogP contribution in [0, 0.1) is 0 Å². The smallest absolute Gasteiger partial charge is 0.266 e. The zero-order valence-electron chi connectivity index (χ0n) is 18.2. The Balaban J connectivity index is 0. The molecule has 0 bridgehead atoms. The number of nitrogens with one attached hydrogen (secondary N) is 3. The first-order valence-corrected chi connectivity index (χ1v) is 11.5. The minimum Gasteiger partial charge on any atom is -0.355 e. The van der Waals surface area contributed by atoms with Gasteiger partial charge < -0.3 is 16.0 Å². The first-order valence-electron chi connectivity index (χ1n) is 9.88. The van der Waals surface area contributed by atoms with Crippen LogP contribution < -0.4 is 16.0 Å². The largest absolute Gasteiger partial charge is 0.355 e. The molecule has 0 radical (unpaired) electrons. The average Bonchev–Trinajstić information content (AvgIpc) is 2.56. The highest BCUT2D eigenvalue weighted by atomic mass is 32.2. The molecule has 0 saturated heterocycles. The molecule has 0 aliphatic rings. The van der Waals surface area contributed by atoms with Crippen molar-refractivity contribution in [1.29, 1.82) is 0 Å². The Morgan fingerprint density at radius 3 is 1.68 bits per heavy atom. The molecule has 168 valence electrons. The molecule has 0 rings (SSSR count). The molecule has 0 unspecified atom stereocenters. The van der Waals surface area contributed by atoms with Gasteiger partial charge in [-0.25, -0.2) is 0 Å². The molecule has 0 aliphatic heterocycles. The molecule has 2 amide bonds. The topological polar surface area (TPSA) is 128 Å². The molecular weight excluding hydrogens is 384 g/mol. The maximum Gasteiger partial charge on any atom is 0.266 e. The number of amides is 2. The number of carbonyl (C=O) groups excluding carboxylic acids is 2. The molecule has 0 aromatic carbocycles. The maximum atomic E-state index is 11.7. The lowest BCUT2D eigenvalue weighted by molar-refractivity contribution is -0.125.